The van der Waals surface area contributed by atoms with Gasteiger partial charge in [-0.3, -0.25) is 0 Å². The number of hydrogen-bond acceptors (Lipinski definition) is 0. The van der Waals surface area contributed by atoms with E-state index in [9.17, 15) is 0 Å². The van der Waals surface area contributed by atoms with Crippen molar-refractivity contribution in [1.29, 1.82) is 0 Å². The highest BCUT2D eigenvalue weighted by atomic mass is 13.9. The Morgan fingerprint density at radius 2 is 1.67 bits per heavy atom. The first-order chi connectivity index (χ1) is 6.00. The Labute approximate surface area is 75.7 Å². The third kappa shape index (κ3) is 4.95. The molecular weight excluding hydrogens is 144 g/mol. The van der Waals surface area contributed by atoms with Crippen molar-refractivity contribution in [3.05, 3.63) is 36.5 Å². The van der Waals surface area contributed by atoms with E-state index >= 15 is 0 Å². The molecule has 0 heteroatoms. The fourth-order valence-electron chi connectivity index (χ4n) is 1.21. The van der Waals surface area contributed by atoms with Gasteiger partial charge in [0, 0.05) is 0 Å². The maximum Gasteiger partial charge on any atom is -0.0169 e. The van der Waals surface area contributed by atoms with Crippen LogP contribution in [0.4, 0.5) is 0 Å². The van der Waals surface area contributed by atoms with Crippen LogP contribution in [0.5, 0.6) is 0 Å². The summed E-state index contributed by atoms with van der Waals surface area (Å²) in [6.07, 6.45) is 21.5. The van der Waals surface area contributed by atoms with Crippen molar-refractivity contribution < 1.29 is 0 Å². The second-order valence-electron chi connectivity index (χ2n) is 3.06. The lowest BCUT2D eigenvalue weighted by molar-refractivity contribution is 0.844. The normalized spacial score (nSPS) is 20.0. The van der Waals surface area contributed by atoms with Crippen molar-refractivity contribution in [1.82, 2.24) is 0 Å². The summed E-state index contributed by atoms with van der Waals surface area (Å²) in [6, 6.07) is 0. The van der Waals surface area contributed by atoms with Crippen LogP contribution in [0.2, 0.25) is 0 Å². The highest BCUT2D eigenvalue weighted by molar-refractivity contribution is 4.94. The third-order valence-corrected chi connectivity index (χ3v) is 1.92. The van der Waals surface area contributed by atoms with Crippen LogP contribution in [0.25, 0.3) is 0 Å². The topological polar surface area (TPSA) is 0 Å². The van der Waals surface area contributed by atoms with Crippen LogP contribution in [-0.4, -0.2) is 0 Å². The molecule has 0 aromatic heterocycles. The molecule has 0 fully saturated rings. The molecule has 0 saturated carbocycles. The van der Waals surface area contributed by atoms with E-state index in [0.29, 0.717) is 0 Å². The average Bonchev–Trinajstić information content (AvgIpc) is 2.05. The molecule has 0 bridgehead atoms. The fourth-order valence-corrected chi connectivity index (χ4v) is 1.21. The van der Waals surface area contributed by atoms with Gasteiger partial charge >= 0.3 is 0 Å². The summed E-state index contributed by atoms with van der Waals surface area (Å²) in [7, 11) is 0. The molecule has 12 heavy (non-hydrogen) atoms. The maximum absolute atomic E-state index is 3.31. The Hall–Kier alpha value is -0.780. The van der Waals surface area contributed by atoms with Crippen molar-refractivity contribution in [3.8, 4) is 0 Å². The van der Waals surface area contributed by atoms with Gasteiger partial charge in [-0.2, -0.15) is 0 Å². The van der Waals surface area contributed by atoms with Crippen LogP contribution >= 0.6 is 0 Å². The molecule has 0 saturated heterocycles. The summed E-state index contributed by atoms with van der Waals surface area (Å²) in [5.41, 5.74) is 0. The molecule has 1 rings (SSSR count). The van der Waals surface area contributed by atoms with Gasteiger partial charge in [0.05, 0.1) is 0 Å². The molecule has 0 spiro atoms. The Balaban J connectivity index is 2.30. The molecular formula is C12H17. The monoisotopic (exact) mass is 161 g/mol. The lowest BCUT2D eigenvalue weighted by Gasteiger charge is -1.92. The van der Waals surface area contributed by atoms with Gasteiger partial charge < -0.3 is 0 Å². The van der Waals surface area contributed by atoms with Crippen molar-refractivity contribution in [2.24, 2.45) is 0 Å². The third-order valence-electron chi connectivity index (χ3n) is 1.92. The molecule has 0 heterocycles. The van der Waals surface area contributed by atoms with Gasteiger partial charge in [-0.25, -0.2) is 0 Å². The predicted molar refractivity (Wildman–Crippen MR) is 53.8 cm³/mol. The summed E-state index contributed by atoms with van der Waals surface area (Å²) in [4.78, 5) is 0. The predicted octanol–water partition coefficient (Wildman–Crippen LogP) is 3.81. The van der Waals surface area contributed by atoms with Gasteiger partial charge in [-0.1, -0.05) is 30.4 Å². The summed E-state index contributed by atoms with van der Waals surface area (Å²) >= 11 is 0. The van der Waals surface area contributed by atoms with Crippen LogP contribution in [0.3, 0.4) is 0 Å². The van der Waals surface area contributed by atoms with Gasteiger partial charge in [0.1, 0.15) is 0 Å². The minimum Gasteiger partial charge on any atom is -0.0882 e. The maximum atomic E-state index is 3.31. The molecule has 0 nitrogen and oxygen atoms in total. The van der Waals surface area contributed by atoms with Gasteiger partial charge in [-0.05, 0) is 44.6 Å². The zero-order valence-electron chi connectivity index (χ0n) is 7.63. The van der Waals surface area contributed by atoms with E-state index in [4.69, 9.17) is 0 Å². The molecule has 0 unspecified atom stereocenters. The zero-order valence-corrected chi connectivity index (χ0v) is 7.63. The van der Waals surface area contributed by atoms with Crippen LogP contribution in [-0.2, 0) is 0 Å². The lowest BCUT2D eigenvalue weighted by Crippen LogP contribution is -1.73. The molecule has 65 valence electrons. The minimum atomic E-state index is 1.10. The molecule has 0 N–H and O–H groups in total. The van der Waals surface area contributed by atoms with Gasteiger partial charge in [0.25, 0.3) is 0 Å². The van der Waals surface area contributed by atoms with Crippen LogP contribution in [0.1, 0.15) is 38.5 Å². The Kier molecular flexibility index (Phi) is 5.35. The average molecular weight is 161 g/mol. The van der Waals surface area contributed by atoms with E-state index in [1.54, 1.807) is 0 Å². The number of hydrogen-bond donors (Lipinski definition) is 0. The SMILES string of the molecule is [C]1=CCCC=CCC=CCCC1. The second kappa shape index (κ2) is 6.90. The van der Waals surface area contributed by atoms with Crippen molar-refractivity contribution in [2.45, 2.75) is 38.5 Å². The van der Waals surface area contributed by atoms with Crippen LogP contribution < -0.4 is 0 Å². The highest BCUT2D eigenvalue weighted by Gasteiger charge is 1.83. The highest BCUT2D eigenvalue weighted by Crippen LogP contribution is 2.02. The standard InChI is InChI=1S/C12H17/c1-2-4-6-8-10-12-11-9-7-5-3-1/h1-2,5,7-8H,3-4,6,9,11-12H2. The second-order valence-corrected chi connectivity index (χ2v) is 3.06. The van der Waals surface area contributed by atoms with Crippen molar-refractivity contribution >= 4 is 0 Å². The molecule has 0 aromatic rings. The van der Waals surface area contributed by atoms with E-state index in [1.165, 1.54) is 19.3 Å². The van der Waals surface area contributed by atoms with Crippen molar-refractivity contribution in [2.75, 3.05) is 0 Å². The zero-order chi connectivity index (χ0) is 8.49. The number of allylic oxidation sites excluding steroid dienone is 6. The van der Waals surface area contributed by atoms with Crippen LogP contribution in [0.15, 0.2) is 30.4 Å². The van der Waals surface area contributed by atoms with E-state index in [1.807, 2.05) is 0 Å². The van der Waals surface area contributed by atoms with E-state index < -0.39 is 0 Å². The minimum absolute atomic E-state index is 1.10. The molecule has 1 aliphatic carbocycles. The molecule has 1 radical (unpaired) electrons. The fraction of sp³-hybridized carbons (Fsp3) is 0.500. The first kappa shape index (κ1) is 9.31. The van der Waals surface area contributed by atoms with Gasteiger partial charge in [-0.15, -0.1) is 0 Å². The Morgan fingerprint density at radius 1 is 0.833 bits per heavy atom. The van der Waals surface area contributed by atoms with E-state index in [2.05, 4.69) is 36.5 Å². The molecule has 0 aliphatic heterocycles. The first-order valence-corrected chi connectivity index (χ1v) is 4.85. The van der Waals surface area contributed by atoms with Crippen molar-refractivity contribution in [3.63, 3.8) is 0 Å². The van der Waals surface area contributed by atoms with Crippen LogP contribution in [0, 0.1) is 6.08 Å². The molecule has 0 amide bonds. The van der Waals surface area contributed by atoms with E-state index in [0.717, 1.165) is 19.3 Å². The van der Waals surface area contributed by atoms with Gasteiger partial charge in [0.2, 0.25) is 0 Å². The summed E-state index contributed by atoms with van der Waals surface area (Å²) in [6.45, 7) is 0. The smallest absolute Gasteiger partial charge is 0.0169 e. The largest absolute Gasteiger partial charge is 0.0882 e. The Bertz CT molecular complexity index is 172. The van der Waals surface area contributed by atoms with E-state index in [-0.39, 0.29) is 0 Å². The lowest BCUT2D eigenvalue weighted by atomic mass is 10.1. The molecule has 0 atom stereocenters. The number of rotatable bonds is 0. The van der Waals surface area contributed by atoms with Gasteiger partial charge in [0.15, 0.2) is 0 Å². The quantitative estimate of drug-likeness (QED) is 0.474. The summed E-state index contributed by atoms with van der Waals surface area (Å²) < 4.78 is 0. The molecule has 0 aromatic carbocycles. The molecule has 1 aliphatic rings. The first-order valence-electron chi connectivity index (χ1n) is 4.85. The summed E-state index contributed by atoms with van der Waals surface area (Å²) in [5, 5.41) is 0. The Morgan fingerprint density at radius 3 is 2.58 bits per heavy atom. The summed E-state index contributed by atoms with van der Waals surface area (Å²) in [5.74, 6) is 0.